The minimum absolute atomic E-state index is 0.0725. The fraction of sp³-hybridized carbons (Fsp3) is 0.294. The lowest BCUT2D eigenvalue weighted by Crippen LogP contribution is -2.05. The van der Waals surface area contributed by atoms with Gasteiger partial charge in [-0.3, -0.25) is 4.79 Å². The average Bonchev–Trinajstić information content (AvgIpc) is 3.05. The first-order valence-electron chi connectivity index (χ1n) is 7.53. The third-order valence-corrected chi connectivity index (χ3v) is 3.91. The standard InChI is InChI=1S/C17H18N4O4/c1-9-12(10(2)22)8-18-17-19-16(20-21(9)17)11-6-13(23-3)15(25-5)14(7-11)24-4/h6-8H,1-5H3. The summed E-state index contributed by atoms with van der Waals surface area (Å²) >= 11 is 0. The van der Waals surface area contributed by atoms with Crippen LogP contribution in [0.5, 0.6) is 17.2 Å². The summed E-state index contributed by atoms with van der Waals surface area (Å²) in [5, 5.41) is 4.47. The average molecular weight is 342 g/mol. The Hall–Kier alpha value is -3.16. The fourth-order valence-electron chi connectivity index (χ4n) is 2.62. The van der Waals surface area contributed by atoms with Crippen molar-refractivity contribution in [2.75, 3.05) is 21.3 Å². The lowest BCUT2D eigenvalue weighted by Gasteiger charge is -2.12. The van der Waals surface area contributed by atoms with Gasteiger partial charge in [0.2, 0.25) is 5.75 Å². The maximum Gasteiger partial charge on any atom is 0.252 e. The van der Waals surface area contributed by atoms with Crippen molar-refractivity contribution >= 4 is 11.6 Å². The van der Waals surface area contributed by atoms with Crippen molar-refractivity contribution in [3.8, 4) is 28.6 Å². The predicted octanol–water partition coefficient (Wildman–Crippen LogP) is 2.33. The van der Waals surface area contributed by atoms with Crippen LogP contribution in [-0.4, -0.2) is 46.7 Å². The number of hydrogen-bond donors (Lipinski definition) is 0. The van der Waals surface area contributed by atoms with Crippen LogP contribution in [0.4, 0.5) is 0 Å². The maximum absolute atomic E-state index is 11.7. The van der Waals surface area contributed by atoms with Crippen LogP contribution in [0.15, 0.2) is 18.3 Å². The van der Waals surface area contributed by atoms with E-state index in [1.54, 1.807) is 44.9 Å². The quantitative estimate of drug-likeness (QED) is 0.658. The van der Waals surface area contributed by atoms with Crippen LogP contribution in [0.25, 0.3) is 17.2 Å². The summed E-state index contributed by atoms with van der Waals surface area (Å²) in [5.74, 6) is 2.28. The second kappa shape index (κ2) is 6.39. The molecule has 0 bridgehead atoms. The molecule has 0 fully saturated rings. The highest BCUT2D eigenvalue weighted by molar-refractivity contribution is 5.94. The number of rotatable bonds is 5. The van der Waals surface area contributed by atoms with E-state index in [9.17, 15) is 4.79 Å². The van der Waals surface area contributed by atoms with Gasteiger partial charge in [0.1, 0.15) is 0 Å². The number of Topliss-reactive ketones (excluding diaryl/α,β-unsaturated/α-hetero) is 1. The second-order valence-electron chi connectivity index (χ2n) is 5.37. The first kappa shape index (κ1) is 16.7. The highest BCUT2D eigenvalue weighted by Gasteiger charge is 2.18. The number of methoxy groups -OCH3 is 3. The minimum atomic E-state index is -0.0725. The third kappa shape index (κ3) is 2.75. The molecule has 8 heteroatoms. The number of benzene rings is 1. The van der Waals surface area contributed by atoms with Crippen LogP contribution >= 0.6 is 0 Å². The van der Waals surface area contributed by atoms with Crippen molar-refractivity contribution in [3.05, 3.63) is 29.6 Å². The largest absolute Gasteiger partial charge is 0.493 e. The van der Waals surface area contributed by atoms with Crippen molar-refractivity contribution in [2.45, 2.75) is 13.8 Å². The highest BCUT2D eigenvalue weighted by atomic mass is 16.5. The molecule has 2 aromatic heterocycles. The van der Waals surface area contributed by atoms with E-state index in [2.05, 4.69) is 15.1 Å². The lowest BCUT2D eigenvalue weighted by molar-refractivity contribution is 0.101. The summed E-state index contributed by atoms with van der Waals surface area (Å²) in [7, 11) is 4.63. The van der Waals surface area contributed by atoms with E-state index in [1.165, 1.54) is 13.1 Å². The molecule has 0 spiro atoms. The van der Waals surface area contributed by atoms with Crippen LogP contribution in [-0.2, 0) is 0 Å². The third-order valence-electron chi connectivity index (χ3n) is 3.91. The molecule has 3 aromatic rings. The normalized spacial score (nSPS) is 10.8. The van der Waals surface area contributed by atoms with E-state index in [0.29, 0.717) is 45.7 Å². The number of aryl methyl sites for hydroxylation is 1. The molecule has 0 atom stereocenters. The molecule has 0 radical (unpaired) electrons. The molecular formula is C17H18N4O4. The van der Waals surface area contributed by atoms with E-state index >= 15 is 0 Å². The van der Waals surface area contributed by atoms with Gasteiger partial charge in [-0.05, 0) is 26.0 Å². The Balaban J connectivity index is 2.20. The van der Waals surface area contributed by atoms with Crippen molar-refractivity contribution in [1.82, 2.24) is 19.6 Å². The number of ketones is 1. The molecule has 130 valence electrons. The number of carbonyl (C=O) groups excluding carboxylic acids is 1. The molecule has 8 nitrogen and oxygen atoms in total. The number of aromatic nitrogens is 4. The molecule has 25 heavy (non-hydrogen) atoms. The zero-order chi connectivity index (χ0) is 18.1. The molecule has 0 aliphatic heterocycles. The number of ether oxygens (including phenoxy) is 3. The Kier molecular flexibility index (Phi) is 4.26. The predicted molar refractivity (Wildman–Crippen MR) is 90.6 cm³/mol. The van der Waals surface area contributed by atoms with Gasteiger partial charge in [-0.1, -0.05) is 0 Å². The van der Waals surface area contributed by atoms with Crippen LogP contribution in [0.2, 0.25) is 0 Å². The molecule has 0 aliphatic carbocycles. The van der Waals surface area contributed by atoms with E-state index < -0.39 is 0 Å². The molecule has 0 saturated carbocycles. The summed E-state index contributed by atoms with van der Waals surface area (Å²) in [5.41, 5.74) is 1.88. The summed E-state index contributed by atoms with van der Waals surface area (Å²) in [6, 6.07) is 3.52. The Morgan fingerprint density at radius 1 is 1.08 bits per heavy atom. The molecule has 0 saturated heterocycles. The monoisotopic (exact) mass is 342 g/mol. The van der Waals surface area contributed by atoms with Gasteiger partial charge >= 0.3 is 0 Å². The van der Waals surface area contributed by atoms with Gasteiger partial charge in [0, 0.05) is 11.8 Å². The highest BCUT2D eigenvalue weighted by Crippen LogP contribution is 2.40. The molecule has 1 aromatic carbocycles. The van der Waals surface area contributed by atoms with Crippen molar-refractivity contribution in [1.29, 1.82) is 0 Å². The molecule has 0 amide bonds. The Morgan fingerprint density at radius 3 is 2.24 bits per heavy atom. The Labute approximate surface area is 144 Å². The minimum Gasteiger partial charge on any atom is -0.493 e. The van der Waals surface area contributed by atoms with Gasteiger partial charge < -0.3 is 14.2 Å². The van der Waals surface area contributed by atoms with Gasteiger partial charge in [-0.2, -0.15) is 4.98 Å². The smallest absolute Gasteiger partial charge is 0.252 e. The van der Waals surface area contributed by atoms with E-state index in [4.69, 9.17) is 14.2 Å². The van der Waals surface area contributed by atoms with Gasteiger partial charge in [-0.25, -0.2) is 9.50 Å². The van der Waals surface area contributed by atoms with Crippen molar-refractivity contribution < 1.29 is 19.0 Å². The maximum atomic E-state index is 11.7. The van der Waals surface area contributed by atoms with Gasteiger partial charge in [-0.15, -0.1) is 5.10 Å². The van der Waals surface area contributed by atoms with E-state index in [-0.39, 0.29) is 5.78 Å². The first-order valence-corrected chi connectivity index (χ1v) is 7.53. The molecule has 0 unspecified atom stereocenters. The number of hydrogen-bond acceptors (Lipinski definition) is 7. The van der Waals surface area contributed by atoms with Gasteiger partial charge in [0.25, 0.3) is 5.78 Å². The lowest BCUT2D eigenvalue weighted by atomic mass is 10.1. The SMILES string of the molecule is COc1cc(-c2nc3ncc(C(C)=O)c(C)n3n2)cc(OC)c1OC. The summed E-state index contributed by atoms with van der Waals surface area (Å²) < 4.78 is 17.6. The molecule has 0 N–H and O–H groups in total. The molecular weight excluding hydrogens is 324 g/mol. The topological polar surface area (TPSA) is 87.8 Å². The van der Waals surface area contributed by atoms with Crippen molar-refractivity contribution in [3.63, 3.8) is 0 Å². The Morgan fingerprint density at radius 2 is 1.72 bits per heavy atom. The van der Waals surface area contributed by atoms with E-state index in [0.717, 1.165) is 0 Å². The summed E-state index contributed by atoms with van der Waals surface area (Å²) in [6.07, 6.45) is 1.51. The second-order valence-corrected chi connectivity index (χ2v) is 5.37. The summed E-state index contributed by atoms with van der Waals surface area (Å²) in [4.78, 5) is 20.3. The number of fused-ring (bicyclic) bond motifs is 1. The van der Waals surface area contributed by atoms with Crippen LogP contribution in [0.1, 0.15) is 23.0 Å². The molecule has 3 rings (SSSR count). The van der Waals surface area contributed by atoms with Gasteiger partial charge in [0.15, 0.2) is 23.1 Å². The number of carbonyl (C=O) groups is 1. The molecule has 0 aliphatic rings. The molecule has 2 heterocycles. The van der Waals surface area contributed by atoms with Crippen LogP contribution < -0.4 is 14.2 Å². The van der Waals surface area contributed by atoms with Crippen LogP contribution in [0.3, 0.4) is 0 Å². The van der Waals surface area contributed by atoms with Crippen molar-refractivity contribution in [2.24, 2.45) is 0 Å². The Bertz CT molecular complexity index is 940. The number of nitrogens with zero attached hydrogens (tertiary/aromatic N) is 4. The van der Waals surface area contributed by atoms with Gasteiger partial charge in [0.05, 0.1) is 32.6 Å². The summed E-state index contributed by atoms with van der Waals surface area (Å²) in [6.45, 7) is 3.30. The fourth-order valence-corrected chi connectivity index (χ4v) is 2.62. The zero-order valence-electron chi connectivity index (χ0n) is 14.7. The van der Waals surface area contributed by atoms with Crippen LogP contribution in [0, 0.1) is 6.92 Å². The zero-order valence-corrected chi connectivity index (χ0v) is 14.7. The first-order chi connectivity index (χ1) is 12.0. The van der Waals surface area contributed by atoms with E-state index in [1.807, 2.05) is 0 Å².